The Kier molecular flexibility index (Phi) is 4.77. The summed E-state index contributed by atoms with van der Waals surface area (Å²) in [5, 5.41) is 8.67. The molecule has 0 atom stereocenters. The third-order valence-electron chi connectivity index (χ3n) is 1.87. The van der Waals surface area contributed by atoms with E-state index in [-0.39, 0.29) is 29.1 Å². The molecule has 0 heterocycles. The van der Waals surface area contributed by atoms with E-state index in [4.69, 9.17) is 5.11 Å². The lowest BCUT2D eigenvalue weighted by atomic mass is 9.99. The number of ketones is 2. The maximum Gasteiger partial charge on any atom is 0.331 e. The summed E-state index contributed by atoms with van der Waals surface area (Å²) in [6, 6.07) is 0. The second-order valence-corrected chi connectivity index (χ2v) is 3.06. The number of allylic oxidation sites excluding steroid dienone is 1. The minimum atomic E-state index is -1.11. The summed E-state index contributed by atoms with van der Waals surface area (Å²) in [7, 11) is 0. The molecule has 0 rings (SSSR count). The molecule has 0 bridgehead atoms. The molecule has 0 unspecified atom stereocenters. The molecule has 78 valence electrons. The van der Waals surface area contributed by atoms with Crippen LogP contribution in [0.3, 0.4) is 0 Å². The molecule has 0 saturated heterocycles. The summed E-state index contributed by atoms with van der Waals surface area (Å²) in [6.45, 7) is 4.38. The lowest BCUT2D eigenvalue weighted by Gasteiger charge is -2.04. The smallest absolute Gasteiger partial charge is 0.331 e. The summed E-state index contributed by atoms with van der Waals surface area (Å²) < 4.78 is 0. The van der Waals surface area contributed by atoms with Crippen LogP contribution in [0.2, 0.25) is 0 Å². The fourth-order valence-corrected chi connectivity index (χ4v) is 1.13. The molecule has 4 heteroatoms. The van der Waals surface area contributed by atoms with Gasteiger partial charge in [0.15, 0.2) is 5.78 Å². The Morgan fingerprint density at radius 1 is 1.14 bits per heavy atom. The molecule has 1 N–H and O–H groups in total. The predicted molar refractivity (Wildman–Crippen MR) is 50.9 cm³/mol. The Morgan fingerprint density at radius 2 is 1.64 bits per heavy atom. The Morgan fingerprint density at radius 3 is 1.93 bits per heavy atom. The van der Waals surface area contributed by atoms with Crippen LogP contribution in [0.1, 0.15) is 33.6 Å². The van der Waals surface area contributed by atoms with E-state index in [9.17, 15) is 14.4 Å². The zero-order valence-electron chi connectivity index (χ0n) is 8.59. The number of carboxylic acids is 1. The van der Waals surface area contributed by atoms with Gasteiger partial charge in [-0.3, -0.25) is 9.59 Å². The van der Waals surface area contributed by atoms with Crippen LogP contribution < -0.4 is 0 Å². The van der Waals surface area contributed by atoms with Gasteiger partial charge in [0.25, 0.3) is 0 Å². The van der Waals surface area contributed by atoms with Gasteiger partial charge in [0, 0.05) is 11.1 Å². The number of carbonyl (C=O) groups excluding carboxylic acids is 2. The minimum Gasteiger partial charge on any atom is -0.478 e. The van der Waals surface area contributed by atoms with Crippen LogP contribution in [-0.2, 0) is 14.4 Å². The van der Waals surface area contributed by atoms with Crippen molar-refractivity contribution in [3.05, 3.63) is 11.1 Å². The van der Waals surface area contributed by atoms with Gasteiger partial charge in [0.05, 0.1) is 6.42 Å². The predicted octanol–water partition coefficient (Wildman–Crippen LogP) is 1.35. The number of carboxylic acid groups (broad SMARTS) is 1. The van der Waals surface area contributed by atoms with E-state index in [1.165, 1.54) is 13.8 Å². The molecule has 0 aliphatic carbocycles. The number of rotatable bonds is 5. The summed E-state index contributed by atoms with van der Waals surface area (Å²) in [5.41, 5.74) is 0.256. The third-order valence-corrected chi connectivity index (χ3v) is 1.87. The topological polar surface area (TPSA) is 71.4 Å². The quantitative estimate of drug-likeness (QED) is 0.534. The molecule has 0 radical (unpaired) electrons. The maximum absolute atomic E-state index is 11.4. The van der Waals surface area contributed by atoms with Crippen LogP contribution in [0, 0.1) is 0 Å². The first-order valence-electron chi connectivity index (χ1n) is 4.35. The molecule has 0 aliphatic heterocycles. The van der Waals surface area contributed by atoms with Crippen molar-refractivity contribution in [3.63, 3.8) is 0 Å². The third kappa shape index (κ3) is 3.51. The van der Waals surface area contributed by atoms with E-state index in [0.717, 1.165) is 0 Å². The summed E-state index contributed by atoms with van der Waals surface area (Å²) in [5.74, 6) is -1.75. The van der Waals surface area contributed by atoms with Gasteiger partial charge in [-0.05, 0) is 20.3 Å². The van der Waals surface area contributed by atoms with Gasteiger partial charge in [-0.2, -0.15) is 0 Å². The van der Waals surface area contributed by atoms with Gasteiger partial charge >= 0.3 is 5.97 Å². The number of aliphatic carboxylic acids is 1. The lowest BCUT2D eigenvalue weighted by Crippen LogP contribution is -2.12. The Labute approximate surface area is 82.6 Å². The first-order valence-corrected chi connectivity index (χ1v) is 4.35. The molecular formula is C10H14O4. The van der Waals surface area contributed by atoms with Crippen LogP contribution in [0.5, 0.6) is 0 Å². The molecule has 4 nitrogen and oxygen atoms in total. The van der Waals surface area contributed by atoms with Gasteiger partial charge in [-0.15, -0.1) is 0 Å². The zero-order chi connectivity index (χ0) is 11.3. The minimum absolute atomic E-state index is 0.0266. The van der Waals surface area contributed by atoms with Gasteiger partial charge in [-0.25, -0.2) is 4.79 Å². The first-order chi connectivity index (χ1) is 6.40. The Balaban J connectivity index is 4.90. The van der Waals surface area contributed by atoms with E-state index < -0.39 is 5.97 Å². The summed E-state index contributed by atoms with van der Waals surface area (Å²) in [4.78, 5) is 32.7. The molecule has 0 aromatic carbocycles. The molecule has 0 aliphatic rings. The van der Waals surface area contributed by atoms with E-state index >= 15 is 0 Å². The van der Waals surface area contributed by atoms with Crippen molar-refractivity contribution in [1.29, 1.82) is 0 Å². The summed E-state index contributed by atoms with van der Waals surface area (Å²) >= 11 is 0. The number of carbonyl (C=O) groups is 3. The highest BCUT2D eigenvalue weighted by atomic mass is 16.4. The van der Waals surface area contributed by atoms with Gasteiger partial charge < -0.3 is 5.11 Å². The molecule has 14 heavy (non-hydrogen) atoms. The maximum atomic E-state index is 11.4. The van der Waals surface area contributed by atoms with Gasteiger partial charge in [0.2, 0.25) is 0 Å². The highest BCUT2D eigenvalue weighted by Gasteiger charge is 2.16. The molecule has 0 spiro atoms. The zero-order valence-corrected chi connectivity index (χ0v) is 8.59. The number of hydrogen-bond donors (Lipinski definition) is 1. The van der Waals surface area contributed by atoms with Crippen LogP contribution in [0.4, 0.5) is 0 Å². The lowest BCUT2D eigenvalue weighted by molar-refractivity contribution is -0.133. The fourth-order valence-electron chi connectivity index (χ4n) is 1.13. The van der Waals surface area contributed by atoms with Crippen LogP contribution >= 0.6 is 0 Å². The molecule has 0 aromatic heterocycles. The van der Waals surface area contributed by atoms with Crippen molar-refractivity contribution >= 4 is 17.5 Å². The molecule has 0 amide bonds. The molecule has 0 aromatic rings. The molecule has 0 saturated carbocycles. The van der Waals surface area contributed by atoms with Crippen LogP contribution in [-0.4, -0.2) is 22.6 Å². The SMILES string of the molecule is CCC(C(=O)CC(C)=O)=C(C)C(=O)O. The molecule has 0 fully saturated rings. The summed E-state index contributed by atoms with van der Waals surface area (Å²) in [6.07, 6.45) is 0.123. The van der Waals surface area contributed by atoms with Crippen molar-refractivity contribution in [3.8, 4) is 0 Å². The Bertz CT molecular complexity index is 299. The fraction of sp³-hybridized carbons (Fsp3) is 0.500. The van der Waals surface area contributed by atoms with Crippen molar-refractivity contribution < 1.29 is 19.5 Å². The van der Waals surface area contributed by atoms with Gasteiger partial charge in [-0.1, -0.05) is 6.92 Å². The van der Waals surface area contributed by atoms with Crippen molar-refractivity contribution in [2.45, 2.75) is 33.6 Å². The monoisotopic (exact) mass is 198 g/mol. The largest absolute Gasteiger partial charge is 0.478 e. The standard InChI is InChI=1S/C10H14O4/c1-4-8(7(3)10(13)14)9(12)5-6(2)11/h4-5H2,1-3H3,(H,13,14). The normalized spacial score (nSPS) is 11.9. The van der Waals surface area contributed by atoms with Gasteiger partial charge in [0.1, 0.15) is 5.78 Å². The van der Waals surface area contributed by atoms with Crippen molar-refractivity contribution in [1.82, 2.24) is 0 Å². The highest BCUT2D eigenvalue weighted by Crippen LogP contribution is 2.12. The van der Waals surface area contributed by atoms with E-state index in [2.05, 4.69) is 0 Å². The Hall–Kier alpha value is -1.45. The van der Waals surface area contributed by atoms with Crippen LogP contribution in [0.25, 0.3) is 0 Å². The van der Waals surface area contributed by atoms with Crippen LogP contribution in [0.15, 0.2) is 11.1 Å². The second kappa shape index (κ2) is 5.32. The molecular weight excluding hydrogens is 184 g/mol. The number of Topliss-reactive ketones (excluding diaryl/α,β-unsaturated/α-hetero) is 2. The van der Waals surface area contributed by atoms with E-state index in [1.54, 1.807) is 6.92 Å². The average molecular weight is 198 g/mol. The van der Waals surface area contributed by atoms with Crippen molar-refractivity contribution in [2.75, 3.05) is 0 Å². The second-order valence-electron chi connectivity index (χ2n) is 3.06. The average Bonchev–Trinajstić information content (AvgIpc) is 2.03. The van der Waals surface area contributed by atoms with E-state index in [1.807, 2.05) is 0 Å². The number of hydrogen-bond acceptors (Lipinski definition) is 3. The highest BCUT2D eigenvalue weighted by molar-refractivity contribution is 6.10. The van der Waals surface area contributed by atoms with E-state index in [0.29, 0.717) is 6.42 Å². The van der Waals surface area contributed by atoms with Crippen molar-refractivity contribution in [2.24, 2.45) is 0 Å². The first kappa shape index (κ1) is 12.6.